The molecule has 1 N–H and O–H groups in total. The summed E-state index contributed by atoms with van der Waals surface area (Å²) in [6.45, 7) is 7.75. The van der Waals surface area contributed by atoms with E-state index < -0.39 is 0 Å². The number of nitrogens with one attached hydrogen (secondary N) is 1. The van der Waals surface area contributed by atoms with Gasteiger partial charge in [-0.15, -0.1) is 0 Å². The minimum Gasteiger partial charge on any atom is -0.360 e. The Morgan fingerprint density at radius 3 is 2.59 bits per heavy atom. The fraction of sp³-hybridized carbons (Fsp3) is 0.357. The van der Waals surface area contributed by atoms with Crippen LogP contribution in [0.1, 0.15) is 28.1 Å². The summed E-state index contributed by atoms with van der Waals surface area (Å²) in [6.07, 6.45) is 0. The number of hydrogen-bond donors (Lipinski definition) is 1. The van der Waals surface area contributed by atoms with E-state index in [9.17, 15) is 0 Å². The topological polar surface area (TPSA) is 38.1 Å². The molecule has 17 heavy (non-hydrogen) atoms. The number of aromatic nitrogens is 1. The zero-order chi connectivity index (χ0) is 12.3. The third-order valence-corrected chi connectivity index (χ3v) is 2.79. The van der Waals surface area contributed by atoms with Crippen molar-refractivity contribution >= 4 is 0 Å². The molecule has 1 aromatic carbocycles. The van der Waals surface area contributed by atoms with E-state index in [1.165, 1.54) is 16.7 Å². The van der Waals surface area contributed by atoms with Crippen molar-refractivity contribution in [2.75, 3.05) is 0 Å². The van der Waals surface area contributed by atoms with Crippen LogP contribution in [0, 0.1) is 20.8 Å². The normalized spacial score (nSPS) is 10.8. The van der Waals surface area contributed by atoms with Gasteiger partial charge in [-0.2, -0.15) is 0 Å². The summed E-state index contributed by atoms with van der Waals surface area (Å²) in [5.74, 6) is 0.882. The van der Waals surface area contributed by atoms with Crippen molar-refractivity contribution in [3.8, 4) is 0 Å². The number of hydrogen-bond acceptors (Lipinski definition) is 3. The Morgan fingerprint density at radius 2 is 1.94 bits per heavy atom. The molecule has 0 amide bonds. The lowest BCUT2D eigenvalue weighted by Gasteiger charge is -2.07. The van der Waals surface area contributed by atoms with E-state index in [2.05, 4.69) is 42.5 Å². The first-order valence-corrected chi connectivity index (χ1v) is 5.84. The first kappa shape index (κ1) is 11.9. The fourth-order valence-electron chi connectivity index (χ4n) is 1.86. The number of aryl methyl sites for hydroxylation is 3. The molecule has 3 heteroatoms. The van der Waals surface area contributed by atoms with Crippen LogP contribution >= 0.6 is 0 Å². The Bertz CT molecular complexity index is 503. The van der Waals surface area contributed by atoms with Gasteiger partial charge in [0.05, 0.1) is 12.2 Å². The first-order valence-electron chi connectivity index (χ1n) is 5.84. The molecule has 1 heterocycles. The highest BCUT2D eigenvalue weighted by Crippen LogP contribution is 2.10. The van der Waals surface area contributed by atoms with Gasteiger partial charge in [0.25, 0.3) is 0 Å². The Labute approximate surface area is 102 Å². The van der Waals surface area contributed by atoms with Crippen LogP contribution in [-0.2, 0) is 13.1 Å². The molecule has 0 bridgehead atoms. The molecular formula is C14H18N2O. The molecule has 0 aliphatic heterocycles. The Hall–Kier alpha value is -1.61. The van der Waals surface area contributed by atoms with Crippen molar-refractivity contribution in [1.82, 2.24) is 10.5 Å². The van der Waals surface area contributed by atoms with Crippen molar-refractivity contribution in [2.45, 2.75) is 33.9 Å². The average molecular weight is 230 g/mol. The molecule has 0 fully saturated rings. The highest BCUT2D eigenvalue weighted by Gasteiger charge is 2.01. The maximum atomic E-state index is 5.14. The van der Waals surface area contributed by atoms with Gasteiger partial charge in [-0.25, -0.2) is 0 Å². The van der Waals surface area contributed by atoms with Gasteiger partial charge < -0.3 is 9.84 Å². The van der Waals surface area contributed by atoms with E-state index in [4.69, 9.17) is 4.52 Å². The minimum atomic E-state index is 0.716. The molecule has 0 aliphatic rings. The van der Waals surface area contributed by atoms with Crippen molar-refractivity contribution in [3.63, 3.8) is 0 Å². The summed E-state index contributed by atoms with van der Waals surface area (Å²) < 4.78 is 5.14. The molecule has 0 atom stereocenters. The average Bonchev–Trinajstić information content (AvgIpc) is 2.68. The van der Waals surface area contributed by atoms with Gasteiger partial charge in [0.2, 0.25) is 0 Å². The molecular weight excluding hydrogens is 212 g/mol. The van der Waals surface area contributed by atoms with Gasteiger partial charge in [0.15, 0.2) is 5.76 Å². The molecule has 3 nitrogen and oxygen atoms in total. The summed E-state index contributed by atoms with van der Waals surface area (Å²) in [5, 5.41) is 7.21. The summed E-state index contributed by atoms with van der Waals surface area (Å²) in [4.78, 5) is 0. The number of rotatable bonds is 4. The van der Waals surface area contributed by atoms with Gasteiger partial charge in [-0.05, 0) is 31.9 Å². The quantitative estimate of drug-likeness (QED) is 0.877. The van der Waals surface area contributed by atoms with Gasteiger partial charge in [0, 0.05) is 12.6 Å². The highest BCUT2D eigenvalue weighted by atomic mass is 16.5. The largest absolute Gasteiger partial charge is 0.360 e. The summed E-state index contributed by atoms with van der Waals surface area (Å²) in [7, 11) is 0. The van der Waals surface area contributed by atoms with Crippen LogP contribution < -0.4 is 5.32 Å². The summed E-state index contributed by atoms with van der Waals surface area (Å²) >= 11 is 0. The highest BCUT2D eigenvalue weighted by molar-refractivity contribution is 5.30. The lowest BCUT2D eigenvalue weighted by atomic mass is 10.1. The van der Waals surface area contributed by atoms with E-state index >= 15 is 0 Å². The standard InChI is InChI=1S/C14H18N2O/c1-10-4-5-13(11(2)6-10)8-15-9-14-7-12(3)16-17-14/h4-7,15H,8-9H2,1-3H3. The zero-order valence-electron chi connectivity index (χ0n) is 10.6. The summed E-state index contributed by atoms with van der Waals surface area (Å²) in [5.41, 5.74) is 4.88. The molecule has 2 rings (SSSR count). The maximum Gasteiger partial charge on any atom is 0.150 e. The number of benzene rings is 1. The van der Waals surface area contributed by atoms with Gasteiger partial charge >= 0.3 is 0 Å². The van der Waals surface area contributed by atoms with Gasteiger partial charge in [0.1, 0.15) is 0 Å². The molecule has 90 valence electrons. The van der Waals surface area contributed by atoms with Crippen LogP contribution in [0.5, 0.6) is 0 Å². The second-order valence-corrected chi connectivity index (χ2v) is 4.47. The Balaban J connectivity index is 1.90. The van der Waals surface area contributed by atoms with Crippen LogP contribution in [0.2, 0.25) is 0 Å². The zero-order valence-corrected chi connectivity index (χ0v) is 10.6. The third-order valence-electron chi connectivity index (χ3n) is 2.79. The Morgan fingerprint density at radius 1 is 1.12 bits per heavy atom. The second-order valence-electron chi connectivity index (χ2n) is 4.47. The van der Waals surface area contributed by atoms with Crippen LogP contribution in [0.3, 0.4) is 0 Å². The molecule has 2 aromatic rings. The van der Waals surface area contributed by atoms with Crippen LogP contribution in [0.25, 0.3) is 0 Å². The molecule has 0 saturated carbocycles. The van der Waals surface area contributed by atoms with Crippen LogP contribution in [0.15, 0.2) is 28.8 Å². The van der Waals surface area contributed by atoms with Crippen molar-refractivity contribution in [2.24, 2.45) is 0 Å². The van der Waals surface area contributed by atoms with E-state index in [1.54, 1.807) is 0 Å². The molecule has 0 aliphatic carbocycles. The van der Waals surface area contributed by atoms with E-state index in [-0.39, 0.29) is 0 Å². The van der Waals surface area contributed by atoms with Crippen molar-refractivity contribution in [3.05, 3.63) is 52.4 Å². The summed E-state index contributed by atoms with van der Waals surface area (Å²) in [6, 6.07) is 8.47. The van der Waals surface area contributed by atoms with Crippen LogP contribution in [-0.4, -0.2) is 5.16 Å². The number of nitrogens with zero attached hydrogens (tertiary/aromatic N) is 1. The molecule has 0 radical (unpaired) electrons. The lowest BCUT2D eigenvalue weighted by molar-refractivity contribution is 0.369. The molecule has 0 spiro atoms. The van der Waals surface area contributed by atoms with Gasteiger partial charge in [-0.3, -0.25) is 0 Å². The van der Waals surface area contributed by atoms with Crippen molar-refractivity contribution in [1.29, 1.82) is 0 Å². The van der Waals surface area contributed by atoms with Crippen molar-refractivity contribution < 1.29 is 4.52 Å². The van der Waals surface area contributed by atoms with E-state index in [0.717, 1.165) is 18.0 Å². The van der Waals surface area contributed by atoms with E-state index in [0.29, 0.717) is 6.54 Å². The third kappa shape index (κ3) is 3.17. The van der Waals surface area contributed by atoms with E-state index in [1.807, 2.05) is 13.0 Å². The van der Waals surface area contributed by atoms with Gasteiger partial charge in [-0.1, -0.05) is 28.9 Å². The predicted molar refractivity (Wildman–Crippen MR) is 67.7 cm³/mol. The fourth-order valence-corrected chi connectivity index (χ4v) is 1.86. The predicted octanol–water partition coefficient (Wildman–Crippen LogP) is 2.89. The second kappa shape index (κ2) is 5.15. The maximum absolute atomic E-state index is 5.14. The lowest BCUT2D eigenvalue weighted by Crippen LogP contribution is -2.13. The minimum absolute atomic E-state index is 0.716. The Kier molecular flexibility index (Phi) is 3.59. The van der Waals surface area contributed by atoms with Crippen LogP contribution in [0.4, 0.5) is 0 Å². The molecule has 0 unspecified atom stereocenters. The molecule has 0 saturated heterocycles. The molecule has 1 aromatic heterocycles. The monoisotopic (exact) mass is 230 g/mol. The SMILES string of the molecule is Cc1ccc(CNCc2cc(C)no2)c(C)c1. The first-order chi connectivity index (χ1) is 8.15. The smallest absolute Gasteiger partial charge is 0.150 e.